The number of nitrogens with one attached hydrogen (secondary N) is 1. The first-order valence-corrected chi connectivity index (χ1v) is 8.32. The predicted molar refractivity (Wildman–Crippen MR) is 87.3 cm³/mol. The fourth-order valence-electron chi connectivity index (χ4n) is 1.43. The molecule has 0 spiro atoms. The number of anilines is 1. The van der Waals surface area contributed by atoms with Gasteiger partial charge in [0.05, 0.1) is 16.0 Å². The number of benzene rings is 1. The van der Waals surface area contributed by atoms with Gasteiger partial charge in [0.2, 0.25) is 5.91 Å². The molecule has 0 aliphatic heterocycles. The Morgan fingerprint density at radius 3 is 2.85 bits per heavy atom. The van der Waals surface area contributed by atoms with Crippen molar-refractivity contribution >= 4 is 57.3 Å². The summed E-state index contributed by atoms with van der Waals surface area (Å²) in [7, 11) is 0. The van der Waals surface area contributed by atoms with Gasteiger partial charge in [0.15, 0.2) is 5.13 Å². The second-order valence-corrected chi connectivity index (χ2v) is 7.20. The van der Waals surface area contributed by atoms with Gasteiger partial charge in [0, 0.05) is 15.3 Å². The number of nitrogens with zero attached hydrogens (tertiary/aromatic N) is 1. The van der Waals surface area contributed by atoms with Crippen molar-refractivity contribution in [3.8, 4) is 0 Å². The fourth-order valence-corrected chi connectivity index (χ4v) is 3.53. The van der Waals surface area contributed by atoms with Gasteiger partial charge in [-0.25, -0.2) is 4.98 Å². The van der Waals surface area contributed by atoms with E-state index >= 15 is 0 Å². The molecule has 1 aromatic carbocycles. The van der Waals surface area contributed by atoms with E-state index in [0.717, 1.165) is 10.6 Å². The molecule has 106 valence electrons. The number of rotatable bonds is 4. The molecule has 2 rings (SSSR count). The first kappa shape index (κ1) is 15.6. The summed E-state index contributed by atoms with van der Waals surface area (Å²) >= 11 is 14.8. The Labute approximate surface area is 135 Å². The van der Waals surface area contributed by atoms with E-state index in [1.165, 1.54) is 23.1 Å². The van der Waals surface area contributed by atoms with E-state index in [1.54, 1.807) is 18.2 Å². The van der Waals surface area contributed by atoms with Gasteiger partial charge in [-0.2, -0.15) is 0 Å². The van der Waals surface area contributed by atoms with E-state index in [0.29, 0.717) is 15.2 Å². The van der Waals surface area contributed by atoms with Gasteiger partial charge in [-0.1, -0.05) is 23.2 Å². The van der Waals surface area contributed by atoms with Crippen molar-refractivity contribution in [1.29, 1.82) is 0 Å². The molecule has 0 radical (unpaired) electrons. The summed E-state index contributed by atoms with van der Waals surface area (Å²) in [5, 5.41) is 6.18. The highest BCUT2D eigenvalue weighted by Gasteiger charge is 2.17. The zero-order valence-corrected chi connectivity index (χ0v) is 14.0. The molecule has 3 nitrogen and oxygen atoms in total. The average Bonchev–Trinajstić information content (AvgIpc) is 2.79. The highest BCUT2D eigenvalue weighted by molar-refractivity contribution is 8.00. The Bertz CT molecular complexity index is 631. The minimum atomic E-state index is -0.296. The molecule has 1 atom stereocenters. The summed E-state index contributed by atoms with van der Waals surface area (Å²) in [5.74, 6) is -0.111. The number of hydrogen-bond donors (Lipinski definition) is 1. The van der Waals surface area contributed by atoms with Crippen molar-refractivity contribution in [1.82, 2.24) is 4.98 Å². The molecule has 0 aliphatic carbocycles. The molecule has 20 heavy (non-hydrogen) atoms. The Morgan fingerprint density at radius 1 is 1.45 bits per heavy atom. The highest BCUT2D eigenvalue weighted by Crippen LogP contribution is 2.33. The minimum absolute atomic E-state index is 0.111. The van der Waals surface area contributed by atoms with Crippen LogP contribution in [0.15, 0.2) is 28.5 Å². The summed E-state index contributed by atoms with van der Waals surface area (Å²) in [6.45, 7) is 3.70. The summed E-state index contributed by atoms with van der Waals surface area (Å²) in [6, 6.07) is 5.20. The number of hydrogen-bond acceptors (Lipinski definition) is 4. The lowest BCUT2D eigenvalue weighted by Crippen LogP contribution is -2.22. The van der Waals surface area contributed by atoms with Gasteiger partial charge in [0.25, 0.3) is 0 Å². The van der Waals surface area contributed by atoms with Gasteiger partial charge in [-0.3, -0.25) is 4.79 Å². The van der Waals surface area contributed by atoms with Crippen LogP contribution in [0.4, 0.5) is 5.13 Å². The topological polar surface area (TPSA) is 42.0 Å². The lowest BCUT2D eigenvalue weighted by Gasteiger charge is -2.11. The van der Waals surface area contributed by atoms with Crippen LogP contribution in [0.2, 0.25) is 10.0 Å². The van der Waals surface area contributed by atoms with Crippen molar-refractivity contribution in [3.63, 3.8) is 0 Å². The number of aromatic nitrogens is 1. The summed E-state index contributed by atoms with van der Waals surface area (Å²) in [4.78, 5) is 17.1. The maximum atomic E-state index is 12.1. The van der Waals surface area contributed by atoms with Gasteiger partial charge in [-0.05, 0) is 32.0 Å². The van der Waals surface area contributed by atoms with E-state index in [-0.39, 0.29) is 11.2 Å². The Balaban J connectivity index is 2.02. The van der Waals surface area contributed by atoms with Gasteiger partial charge >= 0.3 is 0 Å². The number of carbonyl (C=O) groups is 1. The second kappa shape index (κ2) is 6.80. The summed E-state index contributed by atoms with van der Waals surface area (Å²) < 4.78 is 0. The quantitative estimate of drug-likeness (QED) is 0.802. The molecule has 1 aromatic heterocycles. The molecule has 1 N–H and O–H groups in total. The summed E-state index contributed by atoms with van der Waals surface area (Å²) in [5.41, 5.74) is 0.892. The van der Waals surface area contributed by atoms with Crippen LogP contribution >= 0.6 is 46.3 Å². The third-order valence-electron chi connectivity index (χ3n) is 2.42. The van der Waals surface area contributed by atoms with E-state index in [2.05, 4.69) is 10.3 Å². The molecule has 1 amide bonds. The Kier molecular flexibility index (Phi) is 5.32. The van der Waals surface area contributed by atoms with Crippen molar-refractivity contribution < 1.29 is 4.79 Å². The maximum Gasteiger partial charge on any atom is 0.239 e. The van der Waals surface area contributed by atoms with Crippen molar-refractivity contribution in [3.05, 3.63) is 39.3 Å². The Morgan fingerprint density at radius 2 is 2.20 bits per heavy atom. The third kappa shape index (κ3) is 4.12. The van der Waals surface area contributed by atoms with Crippen LogP contribution in [0.5, 0.6) is 0 Å². The van der Waals surface area contributed by atoms with Crippen molar-refractivity contribution in [2.45, 2.75) is 24.0 Å². The van der Waals surface area contributed by atoms with Crippen LogP contribution in [0.1, 0.15) is 12.6 Å². The molecule has 0 aliphatic rings. The lowest BCUT2D eigenvalue weighted by atomic mass is 10.4. The largest absolute Gasteiger partial charge is 0.301 e. The van der Waals surface area contributed by atoms with Crippen LogP contribution < -0.4 is 5.32 Å². The molecule has 0 saturated carbocycles. The molecule has 7 heteroatoms. The van der Waals surface area contributed by atoms with Gasteiger partial charge in [0.1, 0.15) is 0 Å². The molecule has 2 aromatic rings. The van der Waals surface area contributed by atoms with E-state index in [1.807, 2.05) is 19.2 Å². The standard InChI is InChI=1S/C13H12Cl2N2OS2/c1-7-6-19-13(16-7)17-12(18)8(2)20-11-5-9(14)3-4-10(11)15/h3-6,8H,1-2H3,(H,16,17,18). The zero-order chi connectivity index (χ0) is 14.7. The lowest BCUT2D eigenvalue weighted by molar-refractivity contribution is -0.115. The normalized spacial score (nSPS) is 12.2. The van der Waals surface area contributed by atoms with E-state index in [4.69, 9.17) is 23.2 Å². The highest BCUT2D eigenvalue weighted by atomic mass is 35.5. The van der Waals surface area contributed by atoms with Crippen LogP contribution in [0, 0.1) is 6.92 Å². The van der Waals surface area contributed by atoms with E-state index in [9.17, 15) is 4.79 Å². The van der Waals surface area contributed by atoms with Gasteiger partial charge < -0.3 is 5.32 Å². The molecule has 0 saturated heterocycles. The third-order valence-corrected chi connectivity index (χ3v) is 5.13. The van der Waals surface area contributed by atoms with Crippen LogP contribution in [-0.4, -0.2) is 16.1 Å². The number of carbonyl (C=O) groups excluding carboxylic acids is 1. The first-order chi connectivity index (χ1) is 9.45. The molecule has 0 fully saturated rings. The zero-order valence-electron chi connectivity index (χ0n) is 10.8. The van der Waals surface area contributed by atoms with Crippen LogP contribution in [0.25, 0.3) is 0 Å². The first-order valence-electron chi connectivity index (χ1n) is 5.80. The van der Waals surface area contributed by atoms with Crippen molar-refractivity contribution in [2.24, 2.45) is 0 Å². The summed E-state index contributed by atoms with van der Waals surface area (Å²) in [6.07, 6.45) is 0. The maximum absolute atomic E-state index is 12.1. The molecule has 1 unspecified atom stereocenters. The number of thioether (sulfide) groups is 1. The molecular weight excluding hydrogens is 335 g/mol. The number of thiazole rings is 1. The number of aryl methyl sites for hydroxylation is 1. The van der Waals surface area contributed by atoms with E-state index < -0.39 is 0 Å². The predicted octanol–water partition coefficient (Wildman–Crippen LogP) is 4.88. The van der Waals surface area contributed by atoms with Crippen molar-refractivity contribution in [2.75, 3.05) is 5.32 Å². The SMILES string of the molecule is Cc1csc(NC(=O)C(C)Sc2cc(Cl)ccc2Cl)n1. The monoisotopic (exact) mass is 346 g/mol. The number of amides is 1. The van der Waals surface area contributed by atoms with Gasteiger partial charge in [-0.15, -0.1) is 23.1 Å². The fraction of sp³-hybridized carbons (Fsp3) is 0.231. The van der Waals surface area contributed by atoms with Crippen LogP contribution in [0.3, 0.4) is 0 Å². The molecule has 1 heterocycles. The number of halogens is 2. The Hall–Kier alpha value is -0.750. The van der Waals surface area contributed by atoms with Crippen LogP contribution in [-0.2, 0) is 4.79 Å². The minimum Gasteiger partial charge on any atom is -0.301 e. The molecular formula is C13H12Cl2N2OS2. The average molecular weight is 347 g/mol. The smallest absolute Gasteiger partial charge is 0.239 e. The second-order valence-electron chi connectivity index (χ2n) is 4.12. The molecule has 0 bridgehead atoms.